The van der Waals surface area contributed by atoms with Crippen molar-refractivity contribution >= 4 is 49.9 Å². The molecule has 1 atom stereocenters. The number of methoxy groups -OCH3 is 1. The topological polar surface area (TPSA) is 113 Å². The van der Waals surface area contributed by atoms with Crippen LogP contribution in [0.25, 0.3) is 21.1 Å². The first-order chi connectivity index (χ1) is 14.0. The number of nitrogens with zero attached hydrogens (tertiary/aromatic N) is 3. The molecule has 29 heavy (non-hydrogen) atoms. The SMILES string of the molecule is COc1cc2[nH]ncc2cc1Nc1ncnc2sc3c(c12)CCC(C)(C(=O)O)C3. The molecule has 0 radical (unpaired) electrons. The van der Waals surface area contributed by atoms with Crippen LogP contribution in [0.4, 0.5) is 11.5 Å². The van der Waals surface area contributed by atoms with Gasteiger partial charge in [0.15, 0.2) is 0 Å². The molecule has 0 spiro atoms. The van der Waals surface area contributed by atoms with E-state index in [0.717, 1.165) is 37.2 Å². The Hall–Kier alpha value is -3.20. The summed E-state index contributed by atoms with van der Waals surface area (Å²) in [5.74, 6) is 0.631. The van der Waals surface area contributed by atoms with Gasteiger partial charge in [0.05, 0.1) is 35.3 Å². The summed E-state index contributed by atoms with van der Waals surface area (Å²) >= 11 is 1.56. The predicted octanol–water partition coefficient (Wildman–Crippen LogP) is 3.90. The normalized spacial score (nSPS) is 18.7. The molecule has 4 aromatic rings. The molecule has 1 aliphatic carbocycles. The van der Waals surface area contributed by atoms with Crippen LogP contribution in [0.3, 0.4) is 0 Å². The molecule has 1 unspecified atom stereocenters. The van der Waals surface area contributed by atoms with Crippen molar-refractivity contribution in [1.29, 1.82) is 0 Å². The second-order valence-corrected chi connectivity index (χ2v) is 8.67. The molecule has 1 aliphatic rings. The average Bonchev–Trinajstić information content (AvgIpc) is 3.30. The number of thiophene rings is 1. The molecule has 148 valence electrons. The number of fused-ring (bicyclic) bond motifs is 4. The smallest absolute Gasteiger partial charge is 0.309 e. The van der Waals surface area contributed by atoms with Gasteiger partial charge in [0, 0.05) is 16.3 Å². The number of aliphatic carboxylic acids is 1. The van der Waals surface area contributed by atoms with Gasteiger partial charge in [-0.05, 0) is 37.8 Å². The van der Waals surface area contributed by atoms with Crippen LogP contribution in [0.5, 0.6) is 5.75 Å². The van der Waals surface area contributed by atoms with Gasteiger partial charge in [0.25, 0.3) is 0 Å². The van der Waals surface area contributed by atoms with Crippen molar-refractivity contribution in [3.8, 4) is 5.75 Å². The number of aromatic amines is 1. The van der Waals surface area contributed by atoms with Crippen molar-refractivity contribution in [2.45, 2.75) is 26.2 Å². The Bertz CT molecular complexity index is 1260. The van der Waals surface area contributed by atoms with E-state index in [1.165, 1.54) is 6.33 Å². The Balaban J connectivity index is 1.60. The molecule has 0 aliphatic heterocycles. The van der Waals surface area contributed by atoms with Gasteiger partial charge in [0.2, 0.25) is 0 Å². The number of hydrogen-bond acceptors (Lipinski definition) is 7. The van der Waals surface area contributed by atoms with Gasteiger partial charge in [-0.2, -0.15) is 5.10 Å². The Morgan fingerprint density at radius 1 is 1.38 bits per heavy atom. The minimum atomic E-state index is -0.747. The number of benzene rings is 1. The molecular formula is C20H19N5O3S. The standard InChI is InChI=1S/C20H19N5O3S/c1-20(19(26)27)4-3-11-15(7-20)29-18-16(11)17(21-9-22-18)24-13-5-10-8-23-25-12(10)6-14(13)28-2/h5-6,8-9H,3-4,7H2,1-2H3,(H,23,25)(H,26,27)(H,21,22,24). The molecule has 8 nitrogen and oxygen atoms in total. The lowest BCUT2D eigenvalue weighted by molar-refractivity contribution is -0.148. The zero-order valence-electron chi connectivity index (χ0n) is 15.9. The number of anilines is 2. The van der Waals surface area contributed by atoms with E-state index in [1.54, 1.807) is 24.6 Å². The van der Waals surface area contributed by atoms with E-state index in [2.05, 4.69) is 25.5 Å². The van der Waals surface area contributed by atoms with Gasteiger partial charge in [-0.25, -0.2) is 9.97 Å². The zero-order valence-corrected chi connectivity index (χ0v) is 16.8. The quantitative estimate of drug-likeness (QED) is 0.468. The molecule has 0 saturated heterocycles. The van der Waals surface area contributed by atoms with Crippen LogP contribution < -0.4 is 10.1 Å². The largest absolute Gasteiger partial charge is 0.494 e. The lowest BCUT2D eigenvalue weighted by Crippen LogP contribution is -2.33. The summed E-state index contributed by atoms with van der Waals surface area (Å²) in [4.78, 5) is 22.6. The van der Waals surface area contributed by atoms with Crippen LogP contribution in [0, 0.1) is 5.41 Å². The highest BCUT2D eigenvalue weighted by Crippen LogP contribution is 2.45. The second kappa shape index (κ2) is 6.41. The fourth-order valence-corrected chi connectivity index (χ4v) is 5.30. The summed E-state index contributed by atoms with van der Waals surface area (Å²) in [7, 11) is 1.62. The number of carbonyl (C=O) groups is 1. The van der Waals surface area contributed by atoms with E-state index >= 15 is 0 Å². The van der Waals surface area contributed by atoms with E-state index in [4.69, 9.17) is 4.74 Å². The molecule has 3 aromatic heterocycles. The fourth-order valence-electron chi connectivity index (χ4n) is 3.93. The molecule has 3 N–H and O–H groups in total. The number of ether oxygens (including phenoxy) is 1. The van der Waals surface area contributed by atoms with Gasteiger partial charge >= 0.3 is 5.97 Å². The Labute approximate surface area is 169 Å². The maximum atomic E-state index is 11.7. The average molecular weight is 409 g/mol. The maximum Gasteiger partial charge on any atom is 0.309 e. The first-order valence-electron chi connectivity index (χ1n) is 9.25. The number of nitrogens with one attached hydrogen (secondary N) is 2. The molecule has 0 fully saturated rings. The van der Waals surface area contributed by atoms with E-state index in [0.29, 0.717) is 30.8 Å². The fraction of sp³-hybridized carbons (Fsp3) is 0.300. The van der Waals surface area contributed by atoms with E-state index < -0.39 is 11.4 Å². The Kier molecular flexibility index (Phi) is 3.95. The van der Waals surface area contributed by atoms with Crippen LogP contribution in [-0.4, -0.2) is 38.4 Å². The molecule has 0 bridgehead atoms. The number of carboxylic acid groups (broad SMARTS) is 1. The van der Waals surface area contributed by atoms with Crippen LogP contribution in [0.15, 0.2) is 24.7 Å². The summed E-state index contributed by atoms with van der Waals surface area (Å²) in [6.45, 7) is 1.82. The molecule has 9 heteroatoms. The molecular weight excluding hydrogens is 390 g/mol. The molecule has 0 amide bonds. The van der Waals surface area contributed by atoms with Gasteiger partial charge < -0.3 is 15.2 Å². The number of aromatic nitrogens is 4. The lowest BCUT2D eigenvalue weighted by Gasteiger charge is -2.29. The highest BCUT2D eigenvalue weighted by Gasteiger charge is 2.39. The summed E-state index contributed by atoms with van der Waals surface area (Å²) in [5, 5.41) is 22.0. The first kappa shape index (κ1) is 17.9. The highest BCUT2D eigenvalue weighted by molar-refractivity contribution is 7.19. The van der Waals surface area contributed by atoms with Crippen LogP contribution >= 0.6 is 11.3 Å². The summed E-state index contributed by atoms with van der Waals surface area (Å²) in [5.41, 5.74) is 2.09. The third-order valence-corrected chi connectivity index (χ3v) is 6.82. The number of aryl methyl sites for hydroxylation is 1. The lowest BCUT2D eigenvalue weighted by atomic mass is 9.75. The van der Waals surface area contributed by atoms with Crippen LogP contribution in [-0.2, 0) is 17.6 Å². The second-order valence-electron chi connectivity index (χ2n) is 7.58. The van der Waals surface area contributed by atoms with Crippen molar-refractivity contribution in [3.63, 3.8) is 0 Å². The third-order valence-electron chi connectivity index (χ3n) is 5.68. The van der Waals surface area contributed by atoms with Crippen molar-refractivity contribution in [1.82, 2.24) is 20.2 Å². The van der Waals surface area contributed by atoms with Crippen molar-refractivity contribution in [2.75, 3.05) is 12.4 Å². The minimum Gasteiger partial charge on any atom is -0.494 e. The van der Waals surface area contributed by atoms with E-state index in [-0.39, 0.29) is 0 Å². The van der Waals surface area contributed by atoms with E-state index in [1.807, 2.05) is 19.1 Å². The van der Waals surface area contributed by atoms with Crippen molar-refractivity contribution in [2.24, 2.45) is 5.41 Å². The number of H-pyrrole nitrogens is 1. The predicted molar refractivity (Wildman–Crippen MR) is 111 cm³/mol. The maximum absolute atomic E-state index is 11.7. The van der Waals surface area contributed by atoms with Gasteiger partial charge in [-0.15, -0.1) is 11.3 Å². The van der Waals surface area contributed by atoms with Gasteiger partial charge in [-0.3, -0.25) is 9.89 Å². The molecule has 1 aromatic carbocycles. The van der Waals surface area contributed by atoms with Crippen LogP contribution in [0.1, 0.15) is 23.8 Å². The minimum absolute atomic E-state index is 0.516. The van der Waals surface area contributed by atoms with Crippen molar-refractivity contribution in [3.05, 3.63) is 35.1 Å². The first-order valence-corrected chi connectivity index (χ1v) is 10.1. The molecule has 5 rings (SSSR count). The molecule has 0 saturated carbocycles. The highest BCUT2D eigenvalue weighted by atomic mass is 32.1. The van der Waals surface area contributed by atoms with E-state index in [9.17, 15) is 9.90 Å². The van der Waals surface area contributed by atoms with Gasteiger partial charge in [0.1, 0.15) is 22.7 Å². The molecule has 3 heterocycles. The summed E-state index contributed by atoms with van der Waals surface area (Å²) in [6, 6.07) is 3.86. The summed E-state index contributed by atoms with van der Waals surface area (Å²) < 4.78 is 5.54. The monoisotopic (exact) mass is 409 g/mol. The van der Waals surface area contributed by atoms with Gasteiger partial charge in [-0.1, -0.05) is 0 Å². The number of carboxylic acids is 1. The summed E-state index contributed by atoms with van der Waals surface area (Å²) in [6.07, 6.45) is 5.10. The zero-order chi connectivity index (χ0) is 20.2. The Morgan fingerprint density at radius 3 is 3.03 bits per heavy atom. The third kappa shape index (κ3) is 2.80. The number of hydrogen-bond donors (Lipinski definition) is 3. The Morgan fingerprint density at radius 2 is 2.24 bits per heavy atom. The van der Waals surface area contributed by atoms with Crippen LogP contribution in [0.2, 0.25) is 0 Å². The van der Waals surface area contributed by atoms with Crippen molar-refractivity contribution < 1.29 is 14.6 Å². The number of rotatable bonds is 4.